The molecule has 2 rings (SSSR count). The molecule has 0 radical (unpaired) electrons. The van der Waals surface area contributed by atoms with Crippen LogP contribution in [-0.4, -0.2) is 11.1 Å². The van der Waals surface area contributed by atoms with Gasteiger partial charge in [-0.25, -0.2) is 0 Å². The molecule has 0 unspecified atom stereocenters. The summed E-state index contributed by atoms with van der Waals surface area (Å²) in [5.41, 5.74) is 1.11. The highest BCUT2D eigenvalue weighted by molar-refractivity contribution is 14.1. The lowest BCUT2D eigenvalue weighted by Gasteiger charge is -2.04. The van der Waals surface area contributed by atoms with Crippen molar-refractivity contribution in [2.24, 2.45) is 0 Å². The fourth-order valence-corrected chi connectivity index (χ4v) is 2.05. The molecule has 1 amide bonds. The summed E-state index contributed by atoms with van der Waals surface area (Å²) >= 11 is 5.49. The molecule has 1 N–H and O–H groups in total. The Balaban J connectivity index is 2.24. The molecule has 1 heterocycles. The van der Waals surface area contributed by atoms with Gasteiger partial charge in [-0.3, -0.25) is 4.79 Å². The molecule has 4 nitrogen and oxygen atoms in total. The van der Waals surface area contributed by atoms with Crippen molar-refractivity contribution in [3.63, 3.8) is 0 Å². The van der Waals surface area contributed by atoms with Gasteiger partial charge in [0.25, 0.3) is 5.91 Å². The van der Waals surface area contributed by atoms with Crippen LogP contribution in [0.15, 0.2) is 39.7 Å². The van der Waals surface area contributed by atoms with Gasteiger partial charge in [0.2, 0.25) is 0 Å². The summed E-state index contributed by atoms with van der Waals surface area (Å²) in [5.74, 6) is -0.200. The van der Waals surface area contributed by atoms with E-state index in [2.05, 4.69) is 53.5 Å². The van der Waals surface area contributed by atoms with Gasteiger partial charge in [0.15, 0.2) is 0 Å². The molecule has 1 aromatic heterocycles. The van der Waals surface area contributed by atoms with Gasteiger partial charge in [-0.2, -0.15) is 0 Å². The van der Waals surface area contributed by atoms with E-state index >= 15 is 0 Å². The molecule has 0 aliphatic carbocycles. The van der Waals surface area contributed by atoms with Crippen LogP contribution in [0.2, 0.25) is 0 Å². The second-order valence-electron chi connectivity index (χ2n) is 2.99. The van der Waals surface area contributed by atoms with Crippen molar-refractivity contribution < 1.29 is 9.32 Å². The van der Waals surface area contributed by atoms with E-state index in [0.29, 0.717) is 11.3 Å². The van der Waals surface area contributed by atoms with Gasteiger partial charge in [0, 0.05) is 8.04 Å². The summed E-state index contributed by atoms with van der Waals surface area (Å²) < 4.78 is 6.38. The molecular formula is C10H6BrIN2O2. The maximum Gasteiger partial charge on any atom is 0.256 e. The summed E-state index contributed by atoms with van der Waals surface area (Å²) in [7, 11) is 0. The van der Waals surface area contributed by atoms with Crippen molar-refractivity contribution in [1.82, 2.24) is 5.16 Å². The Morgan fingerprint density at radius 1 is 1.50 bits per heavy atom. The Morgan fingerprint density at radius 2 is 2.31 bits per heavy atom. The van der Waals surface area contributed by atoms with E-state index in [-0.39, 0.29) is 5.91 Å². The number of carbonyl (C=O) groups excluding carboxylic acids is 1. The molecule has 0 aliphatic heterocycles. The Bertz CT molecular complexity index is 514. The third kappa shape index (κ3) is 2.62. The quantitative estimate of drug-likeness (QED) is 0.798. The first kappa shape index (κ1) is 11.6. The normalized spacial score (nSPS) is 10.1. The van der Waals surface area contributed by atoms with Gasteiger partial charge in [-0.05, 0) is 56.7 Å². The minimum atomic E-state index is -0.200. The monoisotopic (exact) mass is 392 g/mol. The van der Waals surface area contributed by atoms with Crippen molar-refractivity contribution in [1.29, 1.82) is 0 Å². The predicted molar refractivity (Wildman–Crippen MR) is 71.3 cm³/mol. The van der Waals surface area contributed by atoms with E-state index in [9.17, 15) is 4.79 Å². The number of hydrogen-bond donors (Lipinski definition) is 1. The summed E-state index contributed by atoms with van der Waals surface area (Å²) in [6, 6.07) is 5.55. The molecule has 0 atom stereocenters. The molecule has 6 heteroatoms. The summed E-state index contributed by atoms with van der Waals surface area (Å²) in [4.78, 5) is 11.9. The van der Waals surface area contributed by atoms with Crippen molar-refractivity contribution in [2.75, 3.05) is 5.32 Å². The lowest BCUT2D eigenvalue weighted by atomic mass is 10.2. The maximum atomic E-state index is 11.9. The lowest BCUT2D eigenvalue weighted by molar-refractivity contribution is 0.102. The molecule has 2 aromatic rings. The first-order chi connectivity index (χ1) is 7.66. The second kappa shape index (κ2) is 4.96. The van der Waals surface area contributed by atoms with Crippen LogP contribution in [-0.2, 0) is 0 Å². The molecule has 0 saturated carbocycles. The molecule has 0 saturated heterocycles. The van der Waals surface area contributed by atoms with E-state index in [1.807, 2.05) is 12.1 Å². The fourth-order valence-electron chi connectivity index (χ4n) is 1.14. The minimum Gasteiger partial charge on any atom is -0.363 e. The number of halogens is 2. The number of carbonyl (C=O) groups is 1. The topological polar surface area (TPSA) is 55.1 Å². The zero-order chi connectivity index (χ0) is 11.5. The Kier molecular flexibility index (Phi) is 3.59. The molecule has 16 heavy (non-hydrogen) atoms. The first-order valence-electron chi connectivity index (χ1n) is 4.32. The van der Waals surface area contributed by atoms with Crippen LogP contribution in [0.3, 0.4) is 0 Å². The molecule has 1 aromatic carbocycles. The fraction of sp³-hybridized carbons (Fsp3) is 0. The number of benzene rings is 1. The summed E-state index contributed by atoms with van der Waals surface area (Å²) in [6.07, 6.45) is 2.82. The number of amides is 1. The highest BCUT2D eigenvalue weighted by atomic mass is 127. The standard InChI is InChI=1S/C10H6BrIN2O2/c11-9-2-1-6(12)3-8(9)10(15)14-7-4-13-16-5-7/h1-5H,(H,14,15). The largest absolute Gasteiger partial charge is 0.363 e. The Labute approximate surface area is 114 Å². The SMILES string of the molecule is O=C(Nc1cnoc1)c1cc(I)ccc1Br. The van der Waals surface area contributed by atoms with E-state index in [1.54, 1.807) is 6.07 Å². The van der Waals surface area contributed by atoms with Gasteiger partial charge in [-0.15, -0.1) is 0 Å². The maximum absolute atomic E-state index is 11.9. The molecule has 0 fully saturated rings. The molecule has 0 aliphatic rings. The third-order valence-electron chi connectivity index (χ3n) is 1.86. The number of nitrogens with one attached hydrogen (secondary N) is 1. The van der Waals surface area contributed by atoms with Crippen LogP contribution in [0.1, 0.15) is 10.4 Å². The zero-order valence-corrected chi connectivity index (χ0v) is 11.6. The predicted octanol–water partition coefficient (Wildman–Crippen LogP) is 3.29. The van der Waals surface area contributed by atoms with E-state index in [4.69, 9.17) is 0 Å². The molecule has 82 valence electrons. The van der Waals surface area contributed by atoms with Gasteiger partial charge < -0.3 is 9.84 Å². The number of aromatic nitrogens is 1. The highest BCUT2D eigenvalue weighted by Crippen LogP contribution is 2.20. The number of rotatable bonds is 2. The summed E-state index contributed by atoms with van der Waals surface area (Å²) in [5, 5.41) is 6.18. The smallest absolute Gasteiger partial charge is 0.256 e. The number of hydrogen-bond acceptors (Lipinski definition) is 3. The zero-order valence-electron chi connectivity index (χ0n) is 7.91. The van der Waals surface area contributed by atoms with Crippen LogP contribution < -0.4 is 5.32 Å². The molecule has 0 bridgehead atoms. The van der Waals surface area contributed by atoms with Gasteiger partial charge in [0.1, 0.15) is 12.0 Å². The summed E-state index contributed by atoms with van der Waals surface area (Å²) in [6.45, 7) is 0. The van der Waals surface area contributed by atoms with Crippen LogP contribution in [0, 0.1) is 3.57 Å². The molecular weight excluding hydrogens is 387 g/mol. The van der Waals surface area contributed by atoms with Gasteiger partial charge in [0.05, 0.1) is 11.8 Å². The van der Waals surface area contributed by atoms with Crippen LogP contribution in [0.4, 0.5) is 5.69 Å². The minimum absolute atomic E-state index is 0.200. The third-order valence-corrected chi connectivity index (χ3v) is 3.23. The van der Waals surface area contributed by atoms with Crippen molar-refractivity contribution >= 4 is 50.1 Å². The average molecular weight is 393 g/mol. The van der Waals surface area contributed by atoms with Crippen LogP contribution >= 0.6 is 38.5 Å². The Hall–Kier alpha value is -0.890. The van der Waals surface area contributed by atoms with Crippen molar-refractivity contribution in [3.8, 4) is 0 Å². The van der Waals surface area contributed by atoms with Crippen molar-refractivity contribution in [3.05, 3.63) is 44.3 Å². The van der Waals surface area contributed by atoms with E-state index < -0.39 is 0 Å². The molecule has 0 spiro atoms. The van der Waals surface area contributed by atoms with Crippen molar-refractivity contribution in [2.45, 2.75) is 0 Å². The van der Waals surface area contributed by atoms with E-state index in [1.165, 1.54) is 12.5 Å². The van der Waals surface area contributed by atoms with Crippen LogP contribution in [0.25, 0.3) is 0 Å². The number of nitrogens with zero attached hydrogens (tertiary/aromatic N) is 1. The van der Waals surface area contributed by atoms with E-state index in [0.717, 1.165) is 8.04 Å². The highest BCUT2D eigenvalue weighted by Gasteiger charge is 2.11. The lowest BCUT2D eigenvalue weighted by Crippen LogP contribution is -2.12. The number of anilines is 1. The van der Waals surface area contributed by atoms with Gasteiger partial charge in [-0.1, -0.05) is 5.16 Å². The van der Waals surface area contributed by atoms with Gasteiger partial charge >= 0.3 is 0 Å². The second-order valence-corrected chi connectivity index (χ2v) is 5.09. The average Bonchev–Trinajstić information content (AvgIpc) is 2.74. The van der Waals surface area contributed by atoms with Crippen LogP contribution in [0.5, 0.6) is 0 Å². The Morgan fingerprint density at radius 3 is 3.00 bits per heavy atom. The first-order valence-corrected chi connectivity index (χ1v) is 6.20.